The molecule has 1 atom stereocenters. The van der Waals surface area contributed by atoms with Gasteiger partial charge in [-0.25, -0.2) is 9.67 Å². The molecule has 26 heavy (non-hydrogen) atoms. The predicted octanol–water partition coefficient (Wildman–Crippen LogP) is 3.58. The van der Waals surface area contributed by atoms with Gasteiger partial charge >= 0.3 is 0 Å². The first kappa shape index (κ1) is 17.1. The summed E-state index contributed by atoms with van der Waals surface area (Å²) in [7, 11) is 0. The SMILES string of the molecule is Cc1nc(-c2ccc(Cl)cc2)sc1C(=O)NC(C)c1nnnn1C1CC1. The Morgan fingerprint density at radius 3 is 2.77 bits per heavy atom. The lowest BCUT2D eigenvalue weighted by molar-refractivity contribution is 0.0940. The lowest BCUT2D eigenvalue weighted by Gasteiger charge is -2.12. The summed E-state index contributed by atoms with van der Waals surface area (Å²) in [6.45, 7) is 3.72. The monoisotopic (exact) mass is 388 g/mol. The maximum atomic E-state index is 12.7. The Bertz CT molecular complexity index is 947. The van der Waals surface area contributed by atoms with Gasteiger partial charge in [-0.2, -0.15) is 0 Å². The molecule has 0 bridgehead atoms. The molecule has 3 aromatic rings. The summed E-state index contributed by atoms with van der Waals surface area (Å²) >= 11 is 7.30. The average Bonchev–Trinajstić information content (AvgIpc) is 3.20. The molecule has 1 aromatic carbocycles. The van der Waals surface area contributed by atoms with E-state index < -0.39 is 0 Å². The first-order chi connectivity index (χ1) is 12.5. The third kappa shape index (κ3) is 3.34. The van der Waals surface area contributed by atoms with Crippen LogP contribution < -0.4 is 5.32 Å². The second kappa shape index (κ2) is 6.77. The first-order valence-corrected chi connectivity index (χ1v) is 9.54. The summed E-state index contributed by atoms with van der Waals surface area (Å²) in [6.07, 6.45) is 2.16. The Kier molecular flexibility index (Phi) is 4.46. The van der Waals surface area contributed by atoms with Crippen LogP contribution in [-0.2, 0) is 0 Å². The first-order valence-electron chi connectivity index (χ1n) is 8.35. The van der Waals surface area contributed by atoms with Crippen LogP contribution in [0.3, 0.4) is 0 Å². The van der Waals surface area contributed by atoms with E-state index in [4.69, 9.17) is 11.6 Å². The number of hydrogen-bond acceptors (Lipinski definition) is 6. The molecule has 1 fully saturated rings. The Morgan fingerprint density at radius 2 is 2.08 bits per heavy atom. The van der Waals surface area contributed by atoms with Crippen molar-refractivity contribution >= 4 is 28.8 Å². The number of hydrogen-bond donors (Lipinski definition) is 1. The van der Waals surface area contributed by atoms with Crippen LogP contribution in [0.25, 0.3) is 10.6 Å². The molecule has 1 N–H and O–H groups in total. The number of thiazole rings is 1. The summed E-state index contributed by atoms with van der Waals surface area (Å²) in [6, 6.07) is 7.50. The van der Waals surface area contributed by atoms with Crippen molar-refractivity contribution in [3.63, 3.8) is 0 Å². The molecule has 0 radical (unpaired) electrons. The molecule has 1 amide bonds. The Hall–Kier alpha value is -2.32. The maximum Gasteiger partial charge on any atom is 0.263 e. The zero-order valence-electron chi connectivity index (χ0n) is 14.3. The normalized spacial score (nSPS) is 15.0. The molecule has 1 aliphatic carbocycles. The van der Waals surface area contributed by atoms with Crippen molar-refractivity contribution in [2.75, 3.05) is 0 Å². The van der Waals surface area contributed by atoms with E-state index in [0.29, 0.717) is 27.5 Å². The van der Waals surface area contributed by atoms with Gasteiger partial charge in [-0.3, -0.25) is 4.79 Å². The number of nitrogens with zero attached hydrogens (tertiary/aromatic N) is 5. The van der Waals surface area contributed by atoms with E-state index in [1.807, 2.05) is 42.8 Å². The number of rotatable bonds is 5. The minimum Gasteiger partial charge on any atom is -0.341 e. The zero-order valence-corrected chi connectivity index (χ0v) is 15.9. The highest BCUT2D eigenvalue weighted by Crippen LogP contribution is 2.35. The van der Waals surface area contributed by atoms with Crippen LogP contribution in [0, 0.1) is 6.92 Å². The van der Waals surface area contributed by atoms with E-state index in [2.05, 4.69) is 25.8 Å². The van der Waals surface area contributed by atoms with Gasteiger partial charge in [-0.1, -0.05) is 23.7 Å². The molecule has 0 saturated heterocycles. The molecule has 9 heteroatoms. The standard InChI is InChI=1S/C17H17ClN6OS/c1-9-14(26-17(20-9)11-3-5-12(18)6-4-11)16(25)19-10(2)15-21-22-23-24(15)13-7-8-13/h3-6,10,13H,7-8H2,1-2H3,(H,19,25). The third-order valence-electron chi connectivity index (χ3n) is 4.24. The Labute approximate surface area is 159 Å². The summed E-state index contributed by atoms with van der Waals surface area (Å²) in [4.78, 5) is 17.8. The van der Waals surface area contributed by atoms with Crippen LogP contribution in [0.2, 0.25) is 5.02 Å². The summed E-state index contributed by atoms with van der Waals surface area (Å²) in [5, 5.41) is 16.3. The lowest BCUT2D eigenvalue weighted by atomic mass is 10.2. The van der Waals surface area contributed by atoms with Crippen LogP contribution in [0.4, 0.5) is 0 Å². The highest BCUT2D eigenvalue weighted by atomic mass is 35.5. The van der Waals surface area contributed by atoms with Crippen LogP contribution in [0.5, 0.6) is 0 Å². The molecular weight excluding hydrogens is 372 g/mol. The molecule has 1 aliphatic rings. The number of tetrazole rings is 1. The van der Waals surface area contributed by atoms with Gasteiger partial charge in [0.25, 0.3) is 5.91 Å². The molecule has 1 unspecified atom stereocenters. The van der Waals surface area contributed by atoms with Crippen molar-refractivity contribution in [3.05, 3.63) is 45.7 Å². The van der Waals surface area contributed by atoms with Gasteiger partial charge in [0.05, 0.1) is 17.8 Å². The molecule has 0 aliphatic heterocycles. The van der Waals surface area contributed by atoms with Crippen molar-refractivity contribution in [1.29, 1.82) is 0 Å². The number of aryl methyl sites for hydroxylation is 1. The average molecular weight is 389 g/mol. The van der Waals surface area contributed by atoms with Gasteiger partial charge in [-0.05, 0) is 49.2 Å². The van der Waals surface area contributed by atoms with Crippen molar-refractivity contribution in [3.8, 4) is 10.6 Å². The minimum atomic E-state index is -0.279. The molecule has 1 saturated carbocycles. The number of nitrogens with one attached hydrogen (secondary N) is 1. The molecule has 4 rings (SSSR count). The van der Waals surface area contributed by atoms with Crippen LogP contribution in [0.15, 0.2) is 24.3 Å². The maximum absolute atomic E-state index is 12.7. The number of halogens is 1. The molecule has 2 aromatic heterocycles. The molecule has 2 heterocycles. The molecule has 7 nitrogen and oxygen atoms in total. The van der Waals surface area contributed by atoms with Crippen molar-refractivity contribution in [2.45, 2.75) is 38.8 Å². The van der Waals surface area contributed by atoms with Crippen LogP contribution >= 0.6 is 22.9 Å². The van der Waals surface area contributed by atoms with E-state index in [9.17, 15) is 4.79 Å². The zero-order chi connectivity index (χ0) is 18.3. The second-order valence-corrected chi connectivity index (χ2v) is 7.78. The Morgan fingerprint density at radius 1 is 1.35 bits per heavy atom. The fraction of sp³-hybridized carbons (Fsp3) is 0.353. The topological polar surface area (TPSA) is 85.6 Å². The van der Waals surface area contributed by atoms with Gasteiger partial charge in [0, 0.05) is 10.6 Å². The summed E-state index contributed by atoms with van der Waals surface area (Å²) in [5.74, 6) is 0.513. The van der Waals surface area contributed by atoms with E-state index in [1.54, 1.807) is 0 Å². The van der Waals surface area contributed by atoms with Gasteiger partial charge in [0.15, 0.2) is 5.82 Å². The highest BCUT2D eigenvalue weighted by Gasteiger charge is 2.30. The number of carbonyl (C=O) groups excluding carboxylic acids is 1. The second-order valence-electron chi connectivity index (χ2n) is 6.35. The minimum absolute atomic E-state index is 0.168. The van der Waals surface area contributed by atoms with Gasteiger partial charge in [-0.15, -0.1) is 16.4 Å². The molecule has 0 spiro atoms. The predicted molar refractivity (Wildman–Crippen MR) is 99.3 cm³/mol. The fourth-order valence-corrected chi connectivity index (χ4v) is 3.82. The summed E-state index contributed by atoms with van der Waals surface area (Å²) < 4.78 is 1.81. The van der Waals surface area contributed by atoms with Gasteiger partial charge in [0.1, 0.15) is 9.88 Å². The fourth-order valence-electron chi connectivity index (χ4n) is 2.71. The van der Waals surface area contributed by atoms with E-state index in [1.165, 1.54) is 11.3 Å². The van der Waals surface area contributed by atoms with Gasteiger partial charge in [0.2, 0.25) is 0 Å². The number of carbonyl (C=O) groups is 1. The summed E-state index contributed by atoms with van der Waals surface area (Å²) in [5.41, 5.74) is 1.64. The largest absolute Gasteiger partial charge is 0.341 e. The smallest absolute Gasteiger partial charge is 0.263 e. The van der Waals surface area contributed by atoms with Crippen LogP contribution in [0.1, 0.15) is 53.0 Å². The Balaban J connectivity index is 1.53. The third-order valence-corrected chi connectivity index (χ3v) is 5.70. The van der Waals surface area contributed by atoms with E-state index in [0.717, 1.165) is 23.4 Å². The molecule has 134 valence electrons. The number of amides is 1. The number of benzene rings is 1. The molecular formula is C17H17ClN6OS. The quantitative estimate of drug-likeness (QED) is 0.721. The highest BCUT2D eigenvalue weighted by molar-refractivity contribution is 7.17. The number of aromatic nitrogens is 5. The van der Waals surface area contributed by atoms with Gasteiger partial charge < -0.3 is 5.32 Å². The van der Waals surface area contributed by atoms with Crippen molar-refractivity contribution < 1.29 is 4.79 Å². The van der Waals surface area contributed by atoms with Crippen LogP contribution in [-0.4, -0.2) is 31.1 Å². The van der Waals surface area contributed by atoms with Crippen molar-refractivity contribution in [1.82, 2.24) is 30.5 Å². The van der Waals surface area contributed by atoms with Crippen molar-refractivity contribution in [2.24, 2.45) is 0 Å². The van der Waals surface area contributed by atoms with E-state index in [-0.39, 0.29) is 11.9 Å². The van der Waals surface area contributed by atoms with E-state index >= 15 is 0 Å². The lowest BCUT2D eigenvalue weighted by Crippen LogP contribution is -2.28.